The highest BCUT2D eigenvalue weighted by molar-refractivity contribution is 5.92. The number of nitrogens with two attached hydrogens (primary N) is 1. The van der Waals surface area contributed by atoms with Gasteiger partial charge in [0, 0.05) is 12.2 Å². The Labute approximate surface area is 167 Å². The van der Waals surface area contributed by atoms with Crippen molar-refractivity contribution in [3.8, 4) is 17.2 Å². The maximum Gasteiger partial charge on any atom is 0.573 e. The third-order valence-corrected chi connectivity index (χ3v) is 3.97. The molecule has 2 aromatic carbocycles. The Balaban J connectivity index is 1.89. The van der Waals surface area contributed by atoms with Crippen LogP contribution < -0.4 is 25.3 Å². The molecule has 2 aromatic rings. The molecule has 0 aliphatic rings. The quantitative estimate of drug-likeness (QED) is 0.503. The summed E-state index contributed by atoms with van der Waals surface area (Å²) < 4.78 is 50.9. The normalized spacial score (nSPS) is 13.0. The summed E-state index contributed by atoms with van der Waals surface area (Å²) in [6, 6.07) is 11.0. The summed E-state index contributed by atoms with van der Waals surface area (Å²) in [7, 11) is 3.17. The zero-order chi connectivity index (χ0) is 21.4. The molecule has 0 aliphatic heterocycles. The van der Waals surface area contributed by atoms with Gasteiger partial charge in [0.2, 0.25) is 0 Å². The lowest BCUT2D eigenvalue weighted by Gasteiger charge is -2.13. The van der Waals surface area contributed by atoms with E-state index < -0.39 is 6.36 Å². The van der Waals surface area contributed by atoms with Crippen molar-refractivity contribution in [1.29, 1.82) is 0 Å². The Morgan fingerprint density at radius 1 is 1.07 bits per heavy atom. The van der Waals surface area contributed by atoms with Gasteiger partial charge in [0.15, 0.2) is 17.5 Å². The molecule has 0 saturated heterocycles. The molecule has 1 unspecified atom stereocenters. The first-order valence-corrected chi connectivity index (χ1v) is 8.84. The van der Waals surface area contributed by atoms with Crippen LogP contribution in [-0.4, -0.2) is 33.1 Å². The summed E-state index contributed by atoms with van der Waals surface area (Å²) >= 11 is 0. The zero-order valence-electron chi connectivity index (χ0n) is 16.4. The fourth-order valence-electron chi connectivity index (χ4n) is 2.66. The minimum atomic E-state index is -4.72. The molecule has 0 fully saturated rings. The molecule has 6 nitrogen and oxygen atoms in total. The van der Waals surface area contributed by atoms with E-state index in [1.165, 1.54) is 24.3 Å². The van der Waals surface area contributed by atoms with Crippen LogP contribution in [0.15, 0.2) is 47.5 Å². The fraction of sp³-hybridized carbons (Fsp3) is 0.350. The summed E-state index contributed by atoms with van der Waals surface area (Å²) in [6.07, 6.45) is -3.96. The molecule has 0 radical (unpaired) electrons. The number of rotatable bonds is 8. The molecule has 9 heteroatoms. The Kier molecular flexibility index (Phi) is 7.58. The first-order chi connectivity index (χ1) is 13.7. The van der Waals surface area contributed by atoms with Crippen LogP contribution in [-0.2, 0) is 6.42 Å². The average molecular weight is 411 g/mol. The number of hydrogen-bond donors (Lipinski definition) is 2. The average Bonchev–Trinajstić information content (AvgIpc) is 2.66. The van der Waals surface area contributed by atoms with Crippen molar-refractivity contribution >= 4 is 11.6 Å². The van der Waals surface area contributed by atoms with E-state index in [0.717, 1.165) is 12.0 Å². The van der Waals surface area contributed by atoms with Gasteiger partial charge in [-0.15, -0.1) is 13.2 Å². The van der Waals surface area contributed by atoms with Crippen molar-refractivity contribution in [2.45, 2.75) is 19.7 Å². The van der Waals surface area contributed by atoms with Crippen molar-refractivity contribution in [2.75, 3.05) is 26.1 Å². The van der Waals surface area contributed by atoms with Crippen molar-refractivity contribution < 1.29 is 27.4 Å². The summed E-state index contributed by atoms with van der Waals surface area (Å²) in [6.45, 7) is 2.51. The highest BCUT2D eigenvalue weighted by Gasteiger charge is 2.30. The Hall–Kier alpha value is -3.10. The number of anilines is 1. The van der Waals surface area contributed by atoms with Crippen LogP contribution in [0.1, 0.15) is 12.5 Å². The van der Waals surface area contributed by atoms with Gasteiger partial charge in [0.25, 0.3) is 0 Å². The molecule has 0 spiro atoms. The minimum absolute atomic E-state index is 0.175. The van der Waals surface area contributed by atoms with Crippen LogP contribution in [0.2, 0.25) is 0 Å². The first-order valence-electron chi connectivity index (χ1n) is 8.84. The maximum atomic E-state index is 12.2. The van der Waals surface area contributed by atoms with E-state index in [2.05, 4.69) is 15.0 Å². The van der Waals surface area contributed by atoms with Gasteiger partial charge in [0.05, 0.1) is 14.2 Å². The largest absolute Gasteiger partial charge is 0.573 e. The predicted molar refractivity (Wildman–Crippen MR) is 106 cm³/mol. The van der Waals surface area contributed by atoms with Crippen molar-refractivity contribution in [3.05, 3.63) is 48.0 Å². The second kappa shape index (κ2) is 9.90. The third kappa shape index (κ3) is 7.44. The third-order valence-electron chi connectivity index (χ3n) is 3.97. The second-order valence-corrected chi connectivity index (χ2v) is 6.42. The van der Waals surface area contributed by atoms with Gasteiger partial charge in [-0.3, -0.25) is 4.99 Å². The lowest BCUT2D eigenvalue weighted by atomic mass is 10.0. The van der Waals surface area contributed by atoms with E-state index in [1.807, 2.05) is 25.1 Å². The molecule has 2 rings (SSSR count). The SMILES string of the molecule is COc1ccc(CC(C)CN=C(N)Nc2ccc(OC(F)(F)F)cc2)cc1OC. The van der Waals surface area contributed by atoms with Gasteiger partial charge in [-0.05, 0) is 54.3 Å². The summed E-state index contributed by atoms with van der Waals surface area (Å²) in [5.41, 5.74) is 7.45. The Morgan fingerprint density at radius 2 is 1.72 bits per heavy atom. The topological polar surface area (TPSA) is 78.1 Å². The zero-order valence-corrected chi connectivity index (χ0v) is 16.4. The lowest BCUT2D eigenvalue weighted by molar-refractivity contribution is -0.274. The molecule has 3 N–H and O–H groups in total. The Bertz CT molecular complexity index is 824. The fourth-order valence-corrected chi connectivity index (χ4v) is 2.66. The van der Waals surface area contributed by atoms with Gasteiger partial charge in [-0.1, -0.05) is 13.0 Å². The molecule has 29 heavy (non-hydrogen) atoms. The number of nitrogens with zero attached hydrogens (tertiary/aromatic N) is 1. The van der Waals surface area contributed by atoms with Crippen LogP contribution >= 0.6 is 0 Å². The molecule has 0 aromatic heterocycles. The van der Waals surface area contributed by atoms with Crippen LogP contribution in [0.4, 0.5) is 18.9 Å². The van der Waals surface area contributed by atoms with E-state index in [0.29, 0.717) is 23.7 Å². The number of benzene rings is 2. The number of methoxy groups -OCH3 is 2. The van der Waals surface area contributed by atoms with Crippen molar-refractivity contribution in [1.82, 2.24) is 0 Å². The van der Waals surface area contributed by atoms with Crippen LogP contribution in [0.5, 0.6) is 17.2 Å². The van der Waals surface area contributed by atoms with Crippen molar-refractivity contribution in [3.63, 3.8) is 0 Å². The number of guanidine groups is 1. The number of nitrogens with one attached hydrogen (secondary N) is 1. The number of halogens is 3. The number of ether oxygens (including phenoxy) is 3. The van der Waals surface area contributed by atoms with Crippen molar-refractivity contribution in [2.24, 2.45) is 16.6 Å². The number of alkyl halides is 3. The number of aliphatic imine (C=N–C) groups is 1. The van der Waals surface area contributed by atoms with Gasteiger partial charge >= 0.3 is 6.36 Å². The highest BCUT2D eigenvalue weighted by atomic mass is 19.4. The molecule has 0 aliphatic carbocycles. The first kappa shape index (κ1) is 22.2. The van der Waals surface area contributed by atoms with Gasteiger partial charge < -0.3 is 25.3 Å². The second-order valence-electron chi connectivity index (χ2n) is 6.42. The molecule has 1 atom stereocenters. The number of hydrogen-bond acceptors (Lipinski definition) is 4. The van der Waals surface area contributed by atoms with Gasteiger partial charge in [-0.25, -0.2) is 0 Å². The van der Waals surface area contributed by atoms with E-state index in [1.54, 1.807) is 14.2 Å². The lowest BCUT2D eigenvalue weighted by Crippen LogP contribution is -2.24. The molecule has 0 heterocycles. The Morgan fingerprint density at radius 3 is 2.31 bits per heavy atom. The van der Waals surface area contributed by atoms with Gasteiger partial charge in [-0.2, -0.15) is 0 Å². The molecule has 0 amide bonds. The van der Waals surface area contributed by atoms with Gasteiger partial charge in [0.1, 0.15) is 5.75 Å². The smallest absolute Gasteiger partial charge is 0.493 e. The standard InChI is InChI=1S/C20H24F3N3O3/c1-13(10-14-4-9-17(27-2)18(11-14)28-3)12-25-19(24)26-15-5-7-16(8-6-15)29-20(21,22)23/h4-9,11,13H,10,12H2,1-3H3,(H3,24,25,26). The van der Waals surface area contributed by atoms with Crippen LogP contribution in [0.3, 0.4) is 0 Å². The van der Waals surface area contributed by atoms with E-state index in [4.69, 9.17) is 15.2 Å². The molecule has 0 saturated carbocycles. The molecular formula is C20H24F3N3O3. The molecular weight excluding hydrogens is 387 g/mol. The molecule has 158 valence electrons. The van der Waals surface area contributed by atoms with E-state index in [9.17, 15) is 13.2 Å². The predicted octanol–water partition coefficient (Wildman–Crippen LogP) is 4.21. The molecule has 0 bridgehead atoms. The summed E-state index contributed by atoms with van der Waals surface area (Å²) in [5.74, 6) is 1.41. The highest BCUT2D eigenvalue weighted by Crippen LogP contribution is 2.28. The monoisotopic (exact) mass is 411 g/mol. The van der Waals surface area contributed by atoms with E-state index in [-0.39, 0.29) is 17.6 Å². The summed E-state index contributed by atoms with van der Waals surface area (Å²) in [4.78, 5) is 4.29. The summed E-state index contributed by atoms with van der Waals surface area (Å²) in [5, 5.41) is 2.84. The maximum absolute atomic E-state index is 12.2. The van der Waals surface area contributed by atoms with Crippen LogP contribution in [0, 0.1) is 5.92 Å². The van der Waals surface area contributed by atoms with E-state index >= 15 is 0 Å². The van der Waals surface area contributed by atoms with Crippen LogP contribution in [0.25, 0.3) is 0 Å². The minimum Gasteiger partial charge on any atom is -0.493 e.